The molecular formula is C14H14N2O. The summed E-state index contributed by atoms with van der Waals surface area (Å²) in [5.41, 5.74) is 8.14. The Bertz CT molecular complexity index is 515. The second kappa shape index (κ2) is 4.78. The minimum atomic E-state index is 0.0132. The number of nitrogens with two attached hydrogens (primary N) is 1. The Morgan fingerprint density at radius 3 is 2.59 bits per heavy atom. The fraction of sp³-hybridized carbons (Fsp3) is 0.143. The minimum Gasteiger partial charge on any atom is -0.383 e. The molecule has 0 radical (unpaired) electrons. The molecule has 0 atom stereocenters. The van der Waals surface area contributed by atoms with Crippen molar-refractivity contribution in [2.75, 3.05) is 5.73 Å². The average Bonchev–Trinajstić information content (AvgIpc) is 2.30. The number of aromatic nitrogens is 1. The van der Waals surface area contributed by atoms with Crippen molar-refractivity contribution in [2.24, 2.45) is 0 Å². The van der Waals surface area contributed by atoms with E-state index in [0.717, 1.165) is 11.1 Å². The second-order valence-electron chi connectivity index (χ2n) is 3.97. The highest BCUT2D eigenvalue weighted by atomic mass is 16.1. The quantitative estimate of drug-likeness (QED) is 0.817. The number of pyridine rings is 1. The molecule has 0 aliphatic carbocycles. The monoisotopic (exact) mass is 226 g/mol. The van der Waals surface area contributed by atoms with Crippen molar-refractivity contribution in [3.05, 3.63) is 59.3 Å². The third-order valence-electron chi connectivity index (χ3n) is 2.67. The van der Waals surface area contributed by atoms with Gasteiger partial charge in [-0.15, -0.1) is 0 Å². The fourth-order valence-corrected chi connectivity index (χ4v) is 1.81. The molecular weight excluding hydrogens is 212 g/mol. The van der Waals surface area contributed by atoms with E-state index in [1.807, 2.05) is 37.3 Å². The lowest BCUT2D eigenvalue weighted by Gasteiger charge is -2.07. The predicted molar refractivity (Wildman–Crippen MR) is 67.9 cm³/mol. The van der Waals surface area contributed by atoms with Crippen LogP contribution in [0.3, 0.4) is 0 Å². The molecule has 86 valence electrons. The Hall–Kier alpha value is -2.16. The van der Waals surface area contributed by atoms with Crippen molar-refractivity contribution in [1.82, 2.24) is 4.98 Å². The van der Waals surface area contributed by atoms with Crippen LogP contribution in [0, 0.1) is 6.92 Å². The van der Waals surface area contributed by atoms with Crippen LogP contribution in [0.15, 0.2) is 42.6 Å². The van der Waals surface area contributed by atoms with E-state index in [1.165, 1.54) is 0 Å². The molecule has 3 nitrogen and oxygen atoms in total. The van der Waals surface area contributed by atoms with Crippen LogP contribution in [0.2, 0.25) is 0 Å². The molecule has 2 aromatic rings. The number of Topliss-reactive ketones (excluding diaryl/α,β-unsaturated/α-hetero) is 1. The number of nitrogens with zero attached hydrogens (tertiary/aromatic N) is 1. The molecule has 3 heteroatoms. The maximum Gasteiger partial charge on any atom is 0.171 e. The van der Waals surface area contributed by atoms with E-state index < -0.39 is 0 Å². The summed E-state index contributed by atoms with van der Waals surface area (Å²) >= 11 is 0. The molecule has 17 heavy (non-hydrogen) atoms. The molecule has 0 unspecified atom stereocenters. The van der Waals surface area contributed by atoms with Crippen LogP contribution in [-0.2, 0) is 6.42 Å². The Morgan fingerprint density at radius 2 is 1.94 bits per heavy atom. The van der Waals surface area contributed by atoms with Crippen LogP contribution in [0.25, 0.3) is 0 Å². The molecule has 0 aliphatic rings. The zero-order valence-electron chi connectivity index (χ0n) is 9.68. The largest absolute Gasteiger partial charge is 0.383 e. The van der Waals surface area contributed by atoms with Crippen molar-refractivity contribution in [1.29, 1.82) is 0 Å². The van der Waals surface area contributed by atoms with Gasteiger partial charge in [-0.3, -0.25) is 4.79 Å². The molecule has 1 aromatic carbocycles. The van der Waals surface area contributed by atoms with Gasteiger partial charge in [0.25, 0.3) is 0 Å². The Labute approximate surface area is 100 Å². The third-order valence-corrected chi connectivity index (χ3v) is 2.67. The Kier molecular flexibility index (Phi) is 3.19. The normalized spacial score (nSPS) is 10.2. The van der Waals surface area contributed by atoms with E-state index >= 15 is 0 Å². The number of hydrogen-bond acceptors (Lipinski definition) is 3. The van der Waals surface area contributed by atoms with Crippen molar-refractivity contribution >= 4 is 11.6 Å². The van der Waals surface area contributed by atoms with E-state index in [1.54, 1.807) is 12.3 Å². The maximum absolute atomic E-state index is 12.1. The molecule has 1 heterocycles. The SMILES string of the molecule is Cc1ccnc(N)c1C(=O)Cc1ccccc1. The highest BCUT2D eigenvalue weighted by Crippen LogP contribution is 2.16. The summed E-state index contributed by atoms with van der Waals surface area (Å²) in [6, 6.07) is 11.4. The molecule has 1 aromatic heterocycles. The molecule has 2 N–H and O–H groups in total. The van der Waals surface area contributed by atoms with Gasteiger partial charge in [-0.2, -0.15) is 0 Å². The molecule has 0 amide bonds. The number of rotatable bonds is 3. The summed E-state index contributed by atoms with van der Waals surface area (Å²) in [6.07, 6.45) is 1.97. The number of hydrogen-bond donors (Lipinski definition) is 1. The molecule has 0 saturated carbocycles. The van der Waals surface area contributed by atoms with Gasteiger partial charge in [-0.1, -0.05) is 30.3 Å². The molecule has 0 aliphatic heterocycles. The smallest absolute Gasteiger partial charge is 0.171 e. The fourth-order valence-electron chi connectivity index (χ4n) is 1.81. The highest BCUT2D eigenvalue weighted by Gasteiger charge is 2.13. The van der Waals surface area contributed by atoms with Gasteiger partial charge in [0, 0.05) is 12.6 Å². The average molecular weight is 226 g/mol. The third kappa shape index (κ3) is 2.50. The van der Waals surface area contributed by atoms with Crippen LogP contribution < -0.4 is 5.73 Å². The minimum absolute atomic E-state index is 0.0132. The zero-order valence-corrected chi connectivity index (χ0v) is 9.68. The maximum atomic E-state index is 12.1. The molecule has 0 bridgehead atoms. The van der Waals surface area contributed by atoms with E-state index in [4.69, 9.17) is 5.73 Å². The van der Waals surface area contributed by atoms with Crippen LogP contribution >= 0.6 is 0 Å². The summed E-state index contributed by atoms with van der Waals surface area (Å²) in [5.74, 6) is 0.324. The van der Waals surface area contributed by atoms with Gasteiger partial charge in [0.2, 0.25) is 0 Å². The predicted octanol–water partition coefficient (Wildman–Crippen LogP) is 2.40. The number of benzene rings is 1. The topological polar surface area (TPSA) is 56.0 Å². The zero-order chi connectivity index (χ0) is 12.3. The van der Waals surface area contributed by atoms with E-state index in [2.05, 4.69) is 4.98 Å². The van der Waals surface area contributed by atoms with E-state index in [0.29, 0.717) is 17.8 Å². The van der Waals surface area contributed by atoms with Crippen LogP contribution in [0.5, 0.6) is 0 Å². The molecule has 0 spiro atoms. The lowest BCUT2D eigenvalue weighted by Crippen LogP contribution is -2.10. The first-order chi connectivity index (χ1) is 8.18. The van der Waals surface area contributed by atoms with E-state index in [-0.39, 0.29) is 5.78 Å². The summed E-state index contributed by atoms with van der Waals surface area (Å²) in [7, 11) is 0. The van der Waals surface area contributed by atoms with Crippen LogP contribution in [0.1, 0.15) is 21.5 Å². The van der Waals surface area contributed by atoms with E-state index in [9.17, 15) is 4.79 Å². The van der Waals surface area contributed by atoms with Gasteiger partial charge in [0.05, 0.1) is 5.56 Å². The van der Waals surface area contributed by atoms with Gasteiger partial charge < -0.3 is 5.73 Å². The lowest BCUT2D eigenvalue weighted by molar-refractivity contribution is 0.0993. The number of ketones is 1. The van der Waals surface area contributed by atoms with Crippen molar-refractivity contribution < 1.29 is 4.79 Å². The van der Waals surface area contributed by atoms with Gasteiger partial charge >= 0.3 is 0 Å². The number of aryl methyl sites for hydroxylation is 1. The number of anilines is 1. The van der Waals surface area contributed by atoms with Gasteiger partial charge in [-0.05, 0) is 24.1 Å². The molecule has 2 rings (SSSR count). The summed E-state index contributed by atoms with van der Waals surface area (Å²) in [5, 5.41) is 0. The van der Waals surface area contributed by atoms with Gasteiger partial charge in [0.15, 0.2) is 5.78 Å². The highest BCUT2D eigenvalue weighted by molar-refractivity contribution is 6.02. The van der Waals surface area contributed by atoms with Gasteiger partial charge in [0.1, 0.15) is 5.82 Å². The van der Waals surface area contributed by atoms with Crippen molar-refractivity contribution in [3.63, 3.8) is 0 Å². The van der Waals surface area contributed by atoms with Crippen molar-refractivity contribution in [2.45, 2.75) is 13.3 Å². The summed E-state index contributed by atoms with van der Waals surface area (Å²) in [4.78, 5) is 16.1. The standard InChI is InChI=1S/C14H14N2O/c1-10-7-8-16-14(15)13(10)12(17)9-11-5-3-2-4-6-11/h2-8H,9H2,1H3,(H2,15,16). The first-order valence-electron chi connectivity index (χ1n) is 5.46. The summed E-state index contributed by atoms with van der Waals surface area (Å²) < 4.78 is 0. The lowest BCUT2D eigenvalue weighted by atomic mass is 10.0. The number of carbonyl (C=O) groups is 1. The first kappa shape index (κ1) is 11.3. The van der Waals surface area contributed by atoms with Gasteiger partial charge in [-0.25, -0.2) is 4.98 Å². The molecule has 0 saturated heterocycles. The number of carbonyl (C=O) groups excluding carboxylic acids is 1. The summed E-state index contributed by atoms with van der Waals surface area (Å²) in [6.45, 7) is 1.87. The van der Waals surface area contributed by atoms with Crippen LogP contribution in [-0.4, -0.2) is 10.8 Å². The van der Waals surface area contributed by atoms with Crippen LogP contribution in [0.4, 0.5) is 5.82 Å². The second-order valence-corrected chi connectivity index (χ2v) is 3.97. The Morgan fingerprint density at radius 1 is 1.24 bits per heavy atom. The Balaban J connectivity index is 2.27. The van der Waals surface area contributed by atoms with Crippen molar-refractivity contribution in [3.8, 4) is 0 Å². The first-order valence-corrected chi connectivity index (χ1v) is 5.46. The molecule has 0 fully saturated rings. The number of nitrogen functional groups attached to an aromatic ring is 1.